The summed E-state index contributed by atoms with van der Waals surface area (Å²) in [5, 5.41) is 3.72. The third-order valence-electron chi connectivity index (χ3n) is 4.36. The fraction of sp³-hybridized carbons (Fsp3) is 0.167. The highest BCUT2D eigenvalue weighted by atomic mass is 32.2. The Balaban J connectivity index is 1.66. The molecule has 4 rings (SSSR count). The number of nitrogens with zero attached hydrogens (tertiary/aromatic N) is 3. The zero-order valence-corrected chi connectivity index (χ0v) is 16.1. The van der Waals surface area contributed by atoms with Crippen molar-refractivity contribution >= 4 is 15.9 Å². The zero-order chi connectivity index (χ0) is 20.8. The third-order valence-corrected chi connectivity index (χ3v) is 6.12. The Labute approximate surface area is 164 Å². The van der Waals surface area contributed by atoms with Gasteiger partial charge in [-0.3, -0.25) is 4.79 Å². The number of fused-ring (bicyclic) bond motifs is 1. The molecule has 2 heterocycles. The molecule has 0 radical (unpaired) electrons. The number of halogens is 1. The van der Waals surface area contributed by atoms with E-state index in [4.69, 9.17) is 14.0 Å². The van der Waals surface area contributed by atoms with Gasteiger partial charge in [0.1, 0.15) is 17.3 Å². The van der Waals surface area contributed by atoms with E-state index in [1.807, 2.05) is 0 Å². The summed E-state index contributed by atoms with van der Waals surface area (Å²) in [6, 6.07) is 7.89. The van der Waals surface area contributed by atoms with Gasteiger partial charge >= 0.3 is 0 Å². The van der Waals surface area contributed by atoms with Gasteiger partial charge in [-0.1, -0.05) is 5.16 Å². The number of hydrogen-bond acceptors (Lipinski definition) is 8. The predicted octanol–water partition coefficient (Wildman–Crippen LogP) is 2.24. The number of carbonyl (C=O) groups is 1. The number of amides is 1. The first-order valence-electron chi connectivity index (χ1n) is 8.26. The average Bonchev–Trinajstić information content (AvgIpc) is 3.25. The monoisotopic (exact) mass is 419 g/mol. The average molecular weight is 419 g/mol. The van der Waals surface area contributed by atoms with E-state index >= 15 is 0 Å². The molecule has 1 aliphatic rings. The topological polar surface area (TPSA) is 112 Å². The van der Waals surface area contributed by atoms with Crippen molar-refractivity contribution in [2.75, 3.05) is 14.2 Å². The van der Waals surface area contributed by atoms with Gasteiger partial charge in [0, 0.05) is 11.6 Å². The number of sulfonamides is 1. The van der Waals surface area contributed by atoms with Crippen molar-refractivity contribution in [3.63, 3.8) is 0 Å². The zero-order valence-electron chi connectivity index (χ0n) is 15.2. The van der Waals surface area contributed by atoms with Crippen LogP contribution in [0.4, 0.5) is 4.39 Å². The van der Waals surface area contributed by atoms with Crippen LogP contribution >= 0.6 is 0 Å². The van der Waals surface area contributed by atoms with Gasteiger partial charge < -0.3 is 14.0 Å². The summed E-state index contributed by atoms with van der Waals surface area (Å²) in [6.07, 6.45) is 0. The summed E-state index contributed by atoms with van der Waals surface area (Å²) >= 11 is 0. The van der Waals surface area contributed by atoms with Crippen molar-refractivity contribution in [1.82, 2.24) is 14.4 Å². The fourth-order valence-electron chi connectivity index (χ4n) is 2.92. The molecule has 29 heavy (non-hydrogen) atoms. The van der Waals surface area contributed by atoms with Crippen LogP contribution in [0.15, 0.2) is 45.8 Å². The molecule has 0 saturated carbocycles. The second kappa shape index (κ2) is 6.85. The maximum atomic E-state index is 13.0. The van der Waals surface area contributed by atoms with Crippen LogP contribution in [0.2, 0.25) is 0 Å². The Bertz CT molecular complexity index is 1210. The van der Waals surface area contributed by atoms with E-state index < -0.39 is 28.3 Å². The Morgan fingerprint density at radius 1 is 1.10 bits per heavy atom. The molecule has 1 amide bonds. The molecule has 2 aromatic carbocycles. The second-order valence-corrected chi connectivity index (χ2v) is 7.87. The third kappa shape index (κ3) is 3.09. The Morgan fingerprint density at radius 3 is 2.41 bits per heavy atom. The Kier molecular flexibility index (Phi) is 4.46. The summed E-state index contributed by atoms with van der Waals surface area (Å²) in [7, 11) is -1.39. The normalized spacial score (nSPS) is 14.7. The first-order chi connectivity index (χ1) is 13.8. The van der Waals surface area contributed by atoms with Crippen molar-refractivity contribution in [3.8, 4) is 23.0 Å². The second-order valence-electron chi connectivity index (χ2n) is 6.04. The summed E-state index contributed by atoms with van der Waals surface area (Å²) in [5.41, 5.74) is 0.420. The molecule has 0 fully saturated rings. The molecule has 1 aliphatic heterocycles. The molecule has 0 unspecified atom stereocenters. The van der Waals surface area contributed by atoms with Crippen LogP contribution in [0, 0.1) is 5.82 Å². The molecule has 0 spiro atoms. The Hall–Kier alpha value is -3.47. The number of ether oxygens (including phenoxy) is 2. The van der Waals surface area contributed by atoms with E-state index in [9.17, 15) is 17.6 Å². The van der Waals surface area contributed by atoms with Crippen molar-refractivity contribution in [2.24, 2.45) is 0 Å². The van der Waals surface area contributed by atoms with Crippen molar-refractivity contribution in [3.05, 3.63) is 53.6 Å². The first kappa shape index (κ1) is 18.9. The maximum Gasteiger partial charge on any atom is 0.269 e. The molecule has 9 nitrogen and oxygen atoms in total. The Morgan fingerprint density at radius 2 is 1.76 bits per heavy atom. The number of methoxy groups -OCH3 is 2. The van der Waals surface area contributed by atoms with Crippen LogP contribution in [0.3, 0.4) is 0 Å². The minimum absolute atomic E-state index is 0.0204. The quantitative estimate of drug-likeness (QED) is 0.619. The van der Waals surface area contributed by atoms with E-state index in [0.717, 1.165) is 0 Å². The van der Waals surface area contributed by atoms with Gasteiger partial charge in [-0.2, -0.15) is 4.98 Å². The minimum atomic E-state index is -4.14. The molecule has 0 N–H and O–H groups in total. The molecule has 11 heteroatoms. The van der Waals surface area contributed by atoms with Crippen molar-refractivity contribution < 1.29 is 31.6 Å². The van der Waals surface area contributed by atoms with Crippen LogP contribution in [0.1, 0.15) is 16.2 Å². The lowest BCUT2D eigenvalue weighted by molar-refractivity contribution is 0.0861. The number of carbonyl (C=O) groups excluding carboxylic acids is 1. The molecule has 0 saturated heterocycles. The molecule has 0 bridgehead atoms. The van der Waals surface area contributed by atoms with Crippen LogP contribution in [-0.4, -0.2) is 43.0 Å². The standard InChI is InChI=1S/C18H14FN3O6S/c1-26-13-7-12-15(8-14(13)27-2)29(24,25)22(18(12)23)9-16-20-17(28-21-16)10-3-5-11(19)6-4-10/h3-8H,9H2,1-2H3. The van der Waals surface area contributed by atoms with Crippen LogP contribution in [0.5, 0.6) is 11.5 Å². The molecule has 0 aliphatic carbocycles. The van der Waals surface area contributed by atoms with Crippen LogP contribution in [0.25, 0.3) is 11.5 Å². The SMILES string of the molecule is COc1cc2c(cc1OC)S(=O)(=O)N(Cc1noc(-c3ccc(F)cc3)n1)C2=O. The number of benzene rings is 2. The lowest BCUT2D eigenvalue weighted by Gasteiger charge is -2.12. The number of rotatable bonds is 5. The maximum absolute atomic E-state index is 13.0. The van der Waals surface area contributed by atoms with E-state index in [1.165, 1.54) is 50.6 Å². The van der Waals surface area contributed by atoms with Crippen LogP contribution in [-0.2, 0) is 16.6 Å². The lowest BCUT2D eigenvalue weighted by Crippen LogP contribution is -2.29. The van der Waals surface area contributed by atoms with E-state index in [1.54, 1.807) is 0 Å². The minimum Gasteiger partial charge on any atom is -0.493 e. The van der Waals surface area contributed by atoms with Crippen molar-refractivity contribution in [2.45, 2.75) is 11.4 Å². The molecule has 3 aromatic rings. The van der Waals surface area contributed by atoms with E-state index in [0.29, 0.717) is 9.87 Å². The van der Waals surface area contributed by atoms with Gasteiger partial charge in [0.2, 0.25) is 0 Å². The van der Waals surface area contributed by atoms with Gasteiger partial charge in [0.05, 0.1) is 19.8 Å². The van der Waals surface area contributed by atoms with Gasteiger partial charge in [-0.05, 0) is 30.3 Å². The highest BCUT2D eigenvalue weighted by Crippen LogP contribution is 2.39. The summed E-state index contributed by atoms with van der Waals surface area (Å²) in [5.74, 6) is -0.699. The van der Waals surface area contributed by atoms with Crippen LogP contribution < -0.4 is 9.47 Å². The molecule has 1 aromatic heterocycles. The molecule has 0 atom stereocenters. The van der Waals surface area contributed by atoms with Gasteiger partial charge in [0.15, 0.2) is 17.3 Å². The first-order valence-corrected chi connectivity index (χ1v) is 9.70. The molecular weight excluding hydrogens is 405 g/mol. The fourth-order valence-corrected chi connectivity index (χ4v) is 4.44. The summed E-state index contributed by atoms with van der Waals surface area (Å²) < 4.78 is 54.8. The smallest absolute Gasteiger partial charge is 0.269 e. The largest absolute Gasteiger partial charge is 0.493 e. The van der Waals surface area contributed by atoms with Gasteiger partial charge in [-0.15, -0.1) is 0 Å². The number of aromatic nitrogens is 2. The van der Waals surface area contributed by atoms with Gasteiger partial charge in [-0.25, -0.2) is 17.1 Å². The molecular formula is C18H14FN3O6S. The van der Waals surface area contributed by atoms with E-state index in [-0.39, 0.29) is 33.7 Å². The lowest BCUT2D eigenvalue weighted by atomic mass is 10.2. The van der Waals surface area contributed by atoms with Crippen molar-refractivity contribution in [1.29, 1.82) is 0 Å². The summed E-state index contributed by atoms with van der Waals surface area (Å²) in [4.78, 5) is 16.6. The molecule has 150 valence electrons. The highest BCUT2D eigenvalue weighted by Gasteiger charge is 2.43. The van der Waals surface area contributed by atoms with E-state index in [2.05, 4.69) is 10.1 Å². The van der Waals surface area contributed by atoms with Gasteiger partial charge in [0.25, 0.3) is 21.8 Å². The predicted molar refractivity (Wildman–Crippen MR) is 96.3 cm³/mol. The summed E-state index contributed by atoms with van der Waals surface area (Å²) in [6.45, 7) is -0.425. The number of hydrogen-bond donors (Lipinski definition) is 0. The highest BCUT2D eigenvalue weighted by molar-refractivity contribution is 7.90.